The largest absolute Gasteiger partial charge is 0.493 e. The Morgan fingerprint density at radius 2 is 0.556 bits per heavy atom. The lowest BCUT2D eigenvalue weighted by Crippen LogP contribution is -2.00. The van der Waals surface area contributed by atoms with Gasteiger partial charge in [0.05, 0.1) is 13.2 Å². The molecule has 45 heavy (non-hydrogen) atoms. The summed E-state index contributed by atoms with van der Waals surface area (Å²) in [7, 11) is 0. The molecule has 1 aromatic rings. The summed E-state index contributed by atoms with van der Waals surface area (Å²) >= 11 is 0. The minimum atomic E-state index is 0.792. The molecule has 0 bridgehead atoms. The molecule has 0 aliphatic heterocycles. The topological polar surface area (TPSA) is 18.5 Å². The first-order valence-electron chi connectivity index (χ1n) is 20.5. The highest BCUT2D eigenvalue weighted by Crippen LogP contribution is 2.24. The minimum Gasteiger partial charge on any atom is -0.493 e. The van der Waals surface area contributed by atoms with Gasteiger partial charge in [-0.3, -0.25) is 0 Å². The molecule has 0 unspecified atom stereocenters. The number of rotatable bonds is 36. The fourth-order valence-electron chi connectivity index (χ4n) is 6.48. The molecule has 0 atom stereocenters. The molecule has 1 rings (SSSR count). The lowest BCUT2D eigenvalue weighted by molar-refractivity contribution is 0.289. The second-order valence-electron chi connectivity index (χ2n) is 14.1. The van der Waals surface area contributed by atoms with Crippen LogP contribution in [-0.2, 0) is 0 Å². The quantitative estimate of drug-likeness (QED) is 0.0689. The van der Waals surface area contributed by atoms with Crippen LogP contribution >= 0.6 is 0 Å². The van der Waals surface area contributed by atoms with E-state index in [9.17, 15) is 0 Å². The fourth-order valence-corrected chi connectivity index (χ4v) is 6.48. The Balaban J connectivity index is 1.89. The summed E-state index contributed by atoms with van der Waals surface area (Å²) in [5.74, 6) is 1.82. The number of hydrogen-bond acceptors (Lipinski definition) is 2. The second-order valence-corrected chi connectivity index (χ2v) is 14.1. The first kappa shape index (κ1) is 41.8. The van der Waals surface area contributed by atoms with Crippen LogP contribution in [0.1, 0.15) is 225 Å². The van der Waals surface area contributed by atoms with Gasteiger partial charge in [-0.2, -0.15) is 0 Å². The molecule has 263 valence electrons. The zero-order valence-electron chi connectivity index (χ0n) is 30.8. The van der Waals surface area contributed by atoms with Crippen LogP contribution < -0.4 is 9.47 Å². The summed E-state index contributed by atoms with van der Waals surface area (Å²) in [4.78, 5) is 0. The Morgan fingerprint density at radius 1 is 0.333 bits per heavy atom. The van der Waals surface area contributed by atoms with Crippen LogP contribution in [0.4, 0.5) is 0 Å². The van der Waals surface area contributed by atoms with Gasteiger partial charge in [-0.15, -0.1) is 0 Å². The van der Waals surface area contributed by atoms with Gasteiger partial charge in [0.2, 0.25) is 0 Å². The SMILES string of the molecule is [CH2]c1cc(OCCCCCCCCCCCCCCCCCC)cc(OCCCCCCCCCCCCCCCCCC)c1. The average Bonchev–Trinajstić information content (AvgIpc) is 3.03. The maximum atomic E-state index is 6.06. The molecule has 0 fully saturated rings. The fraction of sp³-hybridized carbons (Fsp3) is 0.837. The summed E-state index contributed by atoms with van der Waals surface area (Å²) in [5, 5.41) is 0. The van der Waals surface area contributed by atoms with Gasteiger partial charge in [-0.1, -0.05) is 206 Å². The molecule has 0 aliphatic carbocycles. The Kier molecular flexibility index (Phi) is 31.8. The Hall–Kier alpha value is -1.18. The van der Waals surface area contributed by atoms with Crippen LogP contribution in [0.25, 0.3) is 0 Å². The number of unbranched alkanes of at least 4 members (excludes halogenated alkanes) is 30. The minimum absolute atomic E-state index is 0.792. The Morgan fingerprint density at radius 3 is 0.800 bits per heavy atom. The van der Waals surface area contributed by atoms with E-state index in [4.69, 9.17) is 9.47 Å². The maximum absolute atomic E-state index is 6.06. The zero-order chi connectivity index (χ0) is 32.3. The summed E-state index contributed by atoms with van der Waals surface area (Å²) < 4.78 is 12.1. The summed E-state index contributed by atoms with van der Waals surface area (Å²) in [6, 6.07) is 6.12. The molecule has 0 aliphatic rings. The smallest absolute Gasteiger partial charge is 0.123 e. The molecule has 0 saturated carbocycles. The van der Waals surface area contributed by atoms with Gasteiger partial charge in [0.25, 0.3) is 0 Å². The lowest BCUT2D eigenvalue weighted by atomic mass is 10.0. The van der Waals surface area contributed by atoms with Crippen molar-refractivity contribution in [3.05, 3.63) is 30.7 Å². The van der Waals surface area contributed by atoms with Gasteiger partial charge in [-0.05, 0) is 37.5 Å². The van der Waals surface area contributed by atoms with Gasteiger partial charge in [0.15, 0.2) is 0 Å². The second kappa shape index (κ2) is 34.2. The first-order valence-corrected chi connectivity index (χ1v) is 20.5. The van der Waals surface area contributed by atoms with Crippen molar-refractivity contribution in [1.82, 2.24) is 0 Å². The predicted octanol–water partition coefficient (Wildman–Crippen LogP) is 15.1. The van der Waals surface area contributed by atoms with E-state index >= 15 is 0 Å². The predicted molar refractivity (Wildman–Crippen MR) is 201 cm³/mol. The summed E-state index contributed by atoms with van der Waals surface area (Å²) in [6.07, 6.45) is 44.6. The molecule has 0 amide bonds. The van der Waals surface area contributed by atoms with Crippen molar-refractivity contribution in [2.24, 2.45) is 0 Å². The monoisotopic (exact) mass is 628 g/mol. The third kappa shape index (κ3) is 29.9. The molecule has 1 radical (unpaired) electrons. The zero-order valence-corrected chi connectivity index (χ0v) is 30.8. The third-order valence-electron chi connectivity index (χ3n) is 9.47. The van der Waals surface area contributed by atoms with E-state index in [1.165, 1.54) is 193 Å². The standard InChI is InChI=1S/C43H79O2/c1-4-6-8-10-12-14-16-18-20-22-24-26-28-30-32-34-36-44-42-38-41(3)39-43(40-42)45-37-35-33-31-29-27-25-23-21-19-17-15-13-11-9-7-5-2/h38-40H,3-37H2,1-2H3. The highest BCUT2D eigenvalue weighted by Gasteiger charge is 2.02. The number of benzene rings is 1. The molecular formula is C43H79O2. The molecule has 2 heteroatoms. The van der Waals surface area contributed by atoms with Gasteiger partial charge in [0.1, 0.15) is 11.5 Å². The van der Waals surface area contributed by atoms with E-state index in [2.05, 4.69) is 20.8 Å². The van der Waals surface area contributed by atoms with Crippen molar-refractivity contribution < 1.29 is 9.47 Å². The van der Waals surface area contributed by atoms with Crippen molar-refractivity contribution in [3.8, 4) is 11.5 Å². The molecule has 0 N–H and O–H groups in total. The van der Waals surface area contributed by atoms with E-state index in [1.54, 1.807) is 0 Å². The normalized spacial score (nSPS) is 11.4. The van der Waals surface area contributed by atoms with E-state index in [1.807, 2.05) is 18.2 Å². The van der Waals surface area contributed by atoms with Crippen molar-refractivity contribution in [1.29, 1.82) is 0 Å². The van der Waals surface area contributed by atoms with E-state index < -0.39 is 0 Å². The van der Waals surface area contributed by atoms with Crippen molar-refractivity contribution in [2.75, 3.05) is 13.2 Å². The highest BCUT2D eigenvalue weighted by molar-refractivity contribution is 5.39. The Bertz CT molecular complexity index is 658. The average molecular weight is 628 g/mol. The van der Waals surface area contributed by atoms with Gasteiger partial charge >= 0.3 is 0 Å². The molecule has 0 spiro atoms. The first-order chi connectivity index (χ1) is 22.3. The molecular weight excluding hydrogens is 548 g/mol. The molecule has 1 aromatic carbocycles. The summed E-state index contributed by atoms with van der Waals surface area (Å²) in [5.41, 5.74) is 0.974. The van der Waals surface area contributed by atoms with Crippen molar-refractivity contribution in [2.45, 2.75) is 219 Å². The third-order valence-corrected chi connectivity index (χ3v) is 9.47. The highest BCUT2D eigenvalue weighted by atomic mass is 16.5. The molecule has 2 nitrogen and oxygen atoms in total. The van der Waals surface area contributed by atoms with Crippen LogP contribution in [0, 0.1) is 6.92 Å². The Labute approximate surface area is 283 Å². The number of hydrogen-bond donors (Lipinski definition) is 0. The van der Waals surface area contributed by atoms with Crippen LogP contribution in [0.5, 0.6) is 11.5 Å². The maximum Gasteiger partial charge on any atom is 0.123 e. The van der Waals surface area contributed by atoms with Gasteiger partial charge < -0.3 is 9.47 Å². The van der Waals surface area contributed by atoms with E-state index in [0.29, 0.717) is 0 Å². The summed E-state index contributed by atoms with van der Waals surface area (Å²) in [6.45, 7) is 10.3. The lowest BCUT2D eigenvalue weighted by Gasteiger charge is -2.11. The van der Waals surface area contributed by atoms with Gasteiger partial charge in [-0.25, -0.2) is 0 Å². The van der Waals surface area contributed by atoms with E-state index in [-0.39, 0.29) is 0 Å². The van der Waals surface area contributed by atoms with Crippen molar-refractivity contribution in [3.63, 3.8) is 0 Å². The van der Waals surface area contributed by atoms with Crippen LogP contribution in [0.15, 0.2) is 18.2 Å². The van der Waals surface area contributed by atoms with E-state index in [0.717, 1.165) is 43.1 Å². The number of ether oxygens (including phenoxy) is 2. The van der Waals surface area contributed by atoms with Crippen LogP contribution in [0.3, 0.4) is 0 Å². The molecule has 0 aromatic heterocycles. The van der Waals surface area contributed by atoms with Crippen molar-refractivity contribution >= 4 is 0 Å². The molecule has 0 saturated heterocycles. The molecule has 0 heterocycles. The van der Waals surface area contributed by atoms with Crippen LogP contribution in [0.2, 0.25) is 0 Å². The van der Waals surface area contributed by atoms with Crippen LogP contribution in [-0.4, -0.2) is 13.2 Å². The van der Waals surface area contributed by atoms with Gasteiger partial charge in [0, 0.05) is 6.07 Å².